The fourth-order valence-electron chi connectivity index (χ4n) is 1.14. The molecule has 0 aromatic heterocycles. The third kappa shape index (κ3) is 18.2. The van der Waals surface area contributed by atoms with Gasteiger partial charge in [-0.1, -0.05) is 42.9 Å². The monoisotopic (exact) mass is 495 g/mol. The topological polar surface area (TPSA) is 23.8 Å². The number of halogens is 2. The van der Waals surface area contributed by atoms with Crippen molar-refractivity contribution < 1.29 is 25.8 Å². The molecule has 0 saturated carbocycles. The van der Waals surface area contributed by atoms with Crippen molar-refractivity contribution in [3.05, 3.63) is 59.4 Å². The van der Waals surface area contributed by atoms with Crippen molar-refractivity contribution in [1.82, 2.24) is 0 Å². The Morgan fingerprint density at radius 1 is 1.15 bits per heavy atom. The third-order valence-electron chi connectivity index (χ3n) is 1.89. The number of hydrogen-bond donors (Lipinski definition) is 0. The van der Waals surface area contributed by atoms with Crippen LogP contribution in [0.15, 0.2) is 42.0 Å². The fraction of sp³-hybridized carbons (Fsp3) is 0.333. The number of benzene rings is 1. The van der Waals surface area contributed by atoms with Crippen LogP contribution in [0, 0.1) is 13.0 Å². The first-order chi connectivity index (χ1) is 8.10. The Balaban J connectivity index is -0.0000000970. The van der Waals surface area contributed by atoms with E-state index >= 15 is 0 Å². The number of aryl methyl sites for hydroxylation is 1. The predicted octanol–water partition coefficient (Wildman–Crippen LogP) is 6.00. The molecule has 1 nitrogen and oxygen atoms in total. The van der Waals surface area contributed by atoms with Gasteiger partial charge in [-0.2, -0.15) is 6.08 Å². The Morgan fingerprint density at radius 2 is 1.70 bits per heavy atom. The van der Waals surface area contributed by atoms with Gasteiger partial charge in [0.25, 0.3) is 0 Å². The summed E-state index contributed by atoms with van der Waals surface area (Å²) in [7, 11) is 1.08. The Bertz CT molecular complexity index is 362. The van der Waals surface area contributed by atoms with Crippen LogP contribution in [0.3, 0.4) is 0 Å². The maximum atomic E-state index is 7.14. The van der Waals surface area contributed by atoms with Crippen LogP contribution >= 0.6 is 24.8 Å². The third-order valence-corrected chi connectivity index (χ3v) is 1.89. The summed E-state index contributed by atoms with van der Waals surface area (Å²) in [6, 6.07) is 7.47. The van der Waals surface area contributed by atoms with Crippen LogP contribution in [0.4, 0.5) is 5.69 Å². The summed E-state index contributed by atoms with van der Waals surface area (Å²) in [5.74, 6) is 0. The SMILES string of the molecule is CC1=CC[C-]=C1.C[Si]C.Cc1cccc([NH-])c1.Cl.Cl.[Hf]. The van der Waals surface area contributed by atoms with Crippen LogP contribution in [-0.4, -0.2) is 9.52 Å². The Hall–Kier alpha value is 0.167. The molecule has 1 aromatic rings. The van der Waals surface area contributed by atoms with Crippen molar-refractivity contribution in [1.29, 1.82) is 0 Å². The second-order valence-corrected chi connectivity index (χ2v) is 4.87. The molecule has 0 atom stereocenters. The summed E-state index contributed by atoms with van der Waals surface area (Å²) in [4.78, 5) is 0. The Morgan fingerprint density at radius 3 is 1.90 bits per heavy atom. The van der Waals surface area contributed by atoms with Gasteiger partial charge in [0, 0.05) is 35.4 Å². The molecule has 0 bridgehead atoms. The Kier molecular flexibility index (Phi) is 27.2. The summed E-state index contributed by atoms with van der Waals surface area (Å²) in [5, 5.41) is 0. The van der Waals surface area contributed by atoms with Crippen molar-refractivity contribution >= 4 is 40.0 Å². The number of hydrogen-bond acceptors (Lipinski definition) is 0. The van der Waals surface area contributed by atoms with E-state index < -0.39 is 0 Å². The van der Waals surface area contributed by atoms with Gasteiger partial charge in [-0.25, -0.2) is 11.6 Å². The van der Waals surface area contributed by atoms with Crippen molar-refractivity contribution in [2.24, 2.45) is 0 Å². The van der Waals surface area contributed by atoms with Gasteiger partial charge >= 0.3 is 0 Å². The first-order valence-electron chi connectivity index (χ1n) is 5.70. The molecule has 1 aromatic carbocycles. The van der Waals surface area contributed by atoms with Crippen LogP contribution in [0.25, 0.3) is 5.73 Å². The van der Waals surface area contributed by atoms with Gasteiger partial charge in [0.15, 0.2) is 0 Å². The van der Waals surface area contributed by atoms with Crippen LogP contribution in [-0.2, 0) is 25.8 Å². The van der Waals surface area contributed by atoms with E-state index in [1.54, 1.807) is 6.07 Å². The first-order valence-corrected chi connectivity index (χ1v) is 7.70. The van der Waals surface area contributed by atoms with Crippen LogP contribution in [0.5, 0.6) is 0 Å². The minimum absolute atomic E-state index is 0. The van der Waals surface area contributed by atoms with Crippen molar-refractivity contribution in [2.45, 2.75) is 33.4 Å². The smallest absolute Gasteiger partial charge is 0.0307 e. The number of nitrogens with one attached hydrogen (secondary N) is 1. The molecular formula is C15H23Cl2HfNSi-2. The summed E-state index contributed by atoms with van der Waals surface area (Å²) in [6.07, 6.45) is 8.24. The standard InChI is InChI=1S/C7H8N.C6H7.C2H6Si.2ClH.Hf/c1-6-3-2-4-7(8)5-6;1-6-4-2-3-5-6;1-3-2;;;/h2-5,8H,1H3;4-5H,2H2,1H3;1-2H3;2*1H;/q2*-1;;;;. The summed E-state index contributed by atoms with van der Waals surface area (Å²) < 4.78 is 0. The van der Waals surface area contributed by atoms with Gasteiger partial charge < -0.3 is 5.73 Å². The molecule has 1 N–H and O–H groups in total. The zero-order chi connectivity index (χ0) is 13.1. The normalized spacial score (nSPS) is 10.1. The molecule has 0 unspecified atom stereocenters. The summed E-state index contributed by atoms with van der Waals surface area (Å²) in [5.41, 5.74) is 10.2. The van der Waals surface area contributed by atoms with Gasteiger partial charge in [-0.3, -0.25) is 6.08 Å². The summed E-state index contributed by atoms with van der Waals surface area (Å²) in [6.45, 7) is 8.37. The van der Waals surface area contributed by atoms with Gasteiger partial charge in [0.2, 0.25) is 0 Å². The molecule has 2 rings (SSSR count). The Labute approximate surface area is 157 Å². The number of rotatable bonds is 0. The molecule has 20 heavy (non-hydrogen) atoms. The van der Waals surface area contributed by atoms with E-state index in [0.29, 0.717) is 5.69 Å². The molecular weight excluding hydrogens is 472 g/mol. The van der Waals surface area contributed by atoms with E-state index in [0.717, 1.165) is 21.5 Å². The fourth-order valence-corrected chi connectivity index (χ4v) is 1.14. The zero-order valence-corrected chi connectivity index (χ0v) is 18.7. The van der Waals surface area contributed by atoms with Crippen molar-refractivity contribution in [2.75, 3.05) is 0 Å². The molecule has 0 spiro atoms. The predicted molar refractivity (Wildman–Crippen MR) is 93.3 cm³/mol. The van der Waals surface area contributed by atoms with Crippen LogP contribution < -0.4 is 0 Å². The molecule has 2 radical (unpaired) electrons. The number of allylic oxidation sites excluding steroid dienone is 4. The average Bonchev–Trinajstić information content (AvgIpc) is 2.71. The van der Waals surface area contributed by atoms with Crippen molar-refractivity contribution in [3.63, 3.8) is 0 Å². The molecule has 1 aliphatic carbocycles. The molecule has 0 fully saturated rings. The molecule has 0 saturated heterocycles. The quantitative estimate of drug-likeness (QED) is 0.312. The second kappa shape index (κ2) is 19.2. The maximum absolute atomic E-state index is 7.14. The van der Waals surface area contributed by atoms with Crippen molar-refractivity contribution in [3.8, 4) is 0 Å². The minimum Gasteiger partial charge on any atom is -0.699 e. The van der Waals surface area contributed by atoms with E-state index in [4.69, 9.17) is 5.73 Å². The summed E-state index contributed by atoms with van der Waals surface area (Å²) >= 11 is 0. The zero-order valence-electron chi connectivity index (χ0n) is 12.5. The second-order valence-electron chi connectivity index (χ2n) is 3.87. The molecule has 112 valence electrons. The van der Waals surface area contributed by atoms with E-state index in [2.05, 4.69) is 32.2 Å². The molecule has 0 heterocycles. The average molecular weight is 495 g/mol. The largest absolute Gasteiger partial charge is 0.699 e. The molecule has 5 heteroatoms. The minimum atomic E-state index is 0. The molecule has 0 amide bonds. The van der Waals surface area contributed by atoms with E-state index in [1.165, 1.54) is 5.57 Å². The van der Waals surface area contributed by atoms with E-state index in [9.17, 15) is 0 Å². The van der Waals surface area contributed by atoms with Crippen LogP contribution in [0.2, 0.25) is 13.1 Å². The van der Waals surface area contributed by atoms with Gasteiger partial charge in [0.05, 0.1) is 0 Å². The molecule has 1 aliphatic rings. The first kappa shape index (κ1) is 28.3. The van der Waals surface area contributed by atoms with Crippen LogP contribution in [0.1, 0.15) is 18.9 Å². The van der Waals surface area contributed by atoms with Gasteiger partial charge in [-0.15, -0.1) is 43.8 Å². The van der Waals surface area contributed by atoms with Gasteiger partial charge in [-0.05, 0) is 6.92 Å². The molecule has 0 aliphatic heterocycles. The van der Waals surface area contributed by atoms with E-state index in [-0.39, 0.29) is 50.7 Å². The van der Waals surface area contributed by atoms with Gasteiger partial charge in [0.1, 0.15) is 0 Å². The maximum Gasteiger partial charge on any atom is 0.0307 e. The van der Waals surface area contributed by atoms with E-state index in [1.807, 2.05) is 31.2 Å².